The van der Waals surface area contributed by atoms with Crippen LogP contribution in [0.3, 0.4) is 0 Å². The Morgan fingerprint density at radius 2 is 1.04 bits per heavy atom. The summed E-state index contributed by atoms with van der Waals surface area (Å²) in [7, 11) is 4.90. The maximum absolute atomic E-state index is 11.3. The van der Waals surface area contributed by atoms with Crippen LogP contribution < -0.4 is 77.9 Å². The highest BCUT2D eigenvalue weighted by atomic mass is 16.6. The molecule has 50 nitrogen and oxygen atoms in total. The SMILES string of the molecule is CCNC(=O)c1nc[nH]c1C.CN1C(=O)CNC(=O)c2[nH]cnc21.CN1CC(=O)NC(=O)c2[nH]cnc21.CN1Cc2[nH]cnc2C(=O)NC1=O.O=C1COc2nc[nH]c2C(=O)N1.O=C1NC(=O)c2nc[nH]c2CO1.O=C1NCCOc2nc[nH]c21.O=C1NCOc2nc[nH]c21.O=c1[nH]c(=O)c2[nH]cnc2o1. The summed E-state index contributed by atoms with van der Waals surface area (Å²) in [5.41, 5.74) is 4.26. The van der Waals surface area contributed by atoms with Gasteiger partial charge in [0, 0.05) is 33.4 Å². The van der Waals surface area contributed by atoms with Crippen LogP contribution in [-0.4, -0.2) is 244 Å². The molecule has 0 saturated carbocycles. The topological polar surface area (TPSA) is 686 Å². The van der Waals surface area contributed by atoms with Crippen LogP contribution in [0.25, 0.3) is 11.2 Å². The number of carbonyl (C=O) groups excluding carboxylic acids is 13. The highest BCUT2D eigenvalue weighted by Gasteiger charge is 2.29. The van der Waals surface area contributed by atoms with E-state index in [1.165, 1.54) is 66.7 Å². The van der Waals surface area contributed by atoms with Gasteiger partial charge in [-0.2, -0.15) is 0 Å². The maximum Gasteiger partial charge on any atom is 0.421 e. The standard InChI is InChI=1S/3C7H8N4O2.C7H11N3O.2C6H5N3O3.C6H7N3O2.C5H3N3O3.C5H5N3O2/c1-11-2-4(12)10-7(13)5-6(11)9-3-8-5;1-11-4(12)2-8-7(13)5-6(11)10-3-9-5;1-11-2-4-5(9-3-8-4)6(12)10-7(11)13;1-3-8-7(11)6-5(2)9-4-10-6;10-3-1-12-6-4(5(11)9-3)7-2-8-6;10-5-4-3(7-2-8-4)1-12-6(11)9-5;10-5-4-6(9-3-8-4)11-2-1-7-5;9-3-2-4(7-1-6-2)11-5(10)8-3;9-4-3-5(7-1-6-3)10-2-8-4/h3H,2H2,1H3,(H,8,9)(H,10,12,13);3H,2H2,1H3,(H,8,13)(H,9,10);3H,2H2,1H3,(H,8,9)(H,10,12,13);4H,3H2,1-2H3,(H,8,11)(H,9,10);2*2H,1H2,(H,7,8)(H,9,10,11);3H,1-2H2,(H,7,10)(H,8,9);1H,(H,6,7)(H,8,9,10);1H,2H2,(H,6,7)(H,8,9). The fourth-order valence-corrected chi connectivity index (χ4v) is 8.90. The number of anilines is 2. The molecule has 0 radical (unpaired) electrons. The van der Waals surface area contributed by atoms with Crippen molar-refractivity contribution in [2.45, 2.75) is 27.0 Å². The van der Waals surface area contributed by atoms with Crippen LogP contribution in [0.1, 0.15) is 108 Å². The molecule has 17 heterocycles. The molecule has 0 saturated heterocycles. The van der Waals surface area contributed by atoms with Gasteiger partial charge in [-0.25, -0.2) is 59.2 Å². The number of hydrogen-bond acceptors (Lipinski definition) is 30. The van der Waals surface area contributed by atoms with Crippen LogP contribution >= 0.6 is 0 Å². The Morgan fingerprint density at radius 3 is 1.72 bits per heavy atom. The van der Waals surface area contributed by atoms with Crippen molar-refractivity contribution in [3.8, 4) is 17.6 Å². The van der Waals surface area contributed by atoms with E-state index in [4.69, 9.17) is 14.2 Å². The molecule has 0 unspecified atom stereocenters. The molecule has 0 atom stereocenters. The molecule has 554 valence electrons. The molecule has 50 heteroatoms. The van der Waals surface area contributed by atoms with Crippen LogP contribution in [0.15, 0.2) is 71.0 Å². The van der Waals surface area contributed by atoms with E-state index in [9.17, 15) is 71.9 Å². The summed E-state index contributed by atoms with van der Waals surface area (Å²) < 4.78 is 24.1. The minimum Gasteiger partial charge on any atom is -0.474 e. The lowest BCUT2D eigenvalue weighted by atomic mass is 10.3. The first-order valence-corrected chi connectivity index (χ1v) is 30.4. The molecule has 106 heavy (non-hydrogen) atoms. The summed E-state index contributed by atoms with van der Waals surface area (Å²) in [6.45, 7) is 5.93. The zero-order valence-corrected chi connectivity index (χ0v) is 55.6. The number of aryl methyl sites for hydroxylation is 1. The Balaban J connectivity index is 0.000000138. The number of cyclic esters (lactones) is 1. The monoisotopic (exact) mass is 1470 g/mol. The number of fused-ring (bicyclic) bond motifs is 8. The fourth-order valence-electron chi connectivity index (χ4n) is 8.90. The summed E-state index contributed by atoms with van der Waals surface area (Å²) in [5, 5.41) is 18.8. The van der Waals surface area contributed by atoms with Gasteiger partial charge in [-0.15, -0.1) is 0 Å². The zero-order chi connectivity index (χ0) is 76.1. The number of aromatic nitrogens is 19. The molecule has 0 fully saturated rings. The number of amides is 14. The number of likely N-dealkylation sites (N-methyl/N-ethyl adjacent to an activating group) is 2. The first-order valence-electron chi connectivity index (χ1n) is 30.4. The molecule has 0 bridgehead atoms. The van der Waals surface area contributed by atoms with Crippen molar-refractivity contribution >= 4 is 100.0 Å². The lowest BCUT2D eigenvalue weighted by Crippen LogP contribution is -2.37. The Hall–Kier alpha value is -15.5. The van der Waals surface area contributed by atoms with Crippen LogP contribution in [0.5, 0.6) is 17.6 Å². The van der Waals surface area contributed by atoms with Gasteiger partial charge in [0.15, 0.2) is 59.0 Å². The Morgan fingerprint density at radius 1 is 0.491 bits per heavy atom. The summed E-state index contributed by atoms with van der Waals surface area (Å²) in [6, 6.07) is -0.406. The zero-order valence-electron chi connectivity index (χ0n) is 55.6. The number of nitrogens with one attached hydrogen (secondary N) is 18. The Labute approximate surface area is 588 Å². The number of aromatic amines is 10. The maximum atomic E-state index is 11.3. The molecule has 7 aliphatic heterocycles. The highest BCUT2D eigenvalue weighted by Crippen LogP contribution is 2.19. The number of ether oxygens (including phenoxy) is 4. The molecular formula is C56H60N30O20. The van der Waals surface area contributed by atoms with Crippen LogP contribution in [-0.2, 0) is 32.3 Å². The Kier molecular flexibility index (Phi) is 24.4. The summed E-state index contributed by atoms with van der Waals surface area (Å²) in [6.07, 6.45) is 11.9. The lowest BCUT2D eigenvalue weighted by Gasteiger charge is -2.11. The minimum atomic E-state index is -0.797. The summed E-state index contributed by atoms with van der Waals surface area (Å²) in [4.78, 5) is 230. The number of urea groups is 1. The molecule has 10 aromatic heterocycles. The van der Waals surface area contributed by atoms with Crippen molar-refractivity contribution in [1.29, 1.82) is 0 Å². The number of alkyl carbamates (subject to hydrolysis) is 1. The van der Waals surface area contributed by atoms with E-state index in [0.717, 1.165) is 5.69 Å². The lowest BCUT2D eigenvalue weighted by molar-refractivity contribution is -0.122. The van der Waals surface area contributed by atoms with Gasteiger partial charge in [-0.3, -0.25) is 88.7 Å². The van der Waals surface area contributed by atoms with Crippen molar-refractivity contribution < 1.29 is 85.7 Å². The highest BCUT2D eigenvalue weighted by molar-refractivity contribution is 6.10. The quantitative estimate of drug-likeness (QED) is 0.0725. The van der Waals surface area contributed by atoms with E-state index in [2.05, 4.69) is 136 Å². The van der Waals surface area contributed by atoms with Gasteiger partial charge in [0.1, 0.15) is 30.3 Å². The van der Waals surface area contributed by atoms with Crippen molar-refractivity contribution in [2.24, 2.45) is 0 Å². The number of nitrogens with zero attached hydrogens (tertiary/aromatic N) is 12. The largest absolute Gasteiger partial charge is 0.474 e. The minimum absolute atomic E-state index is 0.0134. The smallest absolute Gasteiger partial charge is 0.421 e. The predicted octanol–water partition coefficient (Wildman–Crippen LogP) is -4.52. The van der Waals surface area contributed by atoms with E-state index < -0.39 is 53.0 Å². The van der Waals surface area contributed by atoms with Crippen molar-refractivity contribution in [2.75, 3.05) is 77.1 Å². The van der Waals surface area contributed by atoms with Gasteiger partial charge < -0.3 is 99.3 Å². The average molecular weight is 1470 g/mol. The average Bonchev–Trinajstić information content (AvgIpc) is 1.69. The van der Waals surface area contributed by atoms with E-state index in [1.807, 2.05) is 24.1 Å². The second-order valence-corrected chi connectivity index (χ2v) is 21.2. The van der Waals surface area contributed by atoms with Crippen LogP contribution in [0.4, 0.5) is 21.2 Å². The third-order valence-corrected chi connectivity index (χ3v) is 13.9. The second kappa shape index (κ2) is 34.5. The van der Waals surface area contributed by atoms with Gasteiger partial charge in [-0.05, 0) is 13.8 Å². The normalized spacial score (nSPS) is 14.9. The Bertz CT molecular complexity index is 4960. The molecule has 17 rings (SSSR count). The number of hydrogen-bond donors (Lipinski definition) is 18. The summed E-state index contributed by atoms with van der Waals surface area (Å²) in [5.74, 6) is -2.62. The van der Waals surface area contributed by atoms with E-state index in [1.54, 1.807) is 26.0 Å². The van der Waals surface area contributed by atoms with Crippen molar-refractivity contribution in [3.63, 3.8) is 0 Å². The number of carbonyl (C=O) groups is 13. The molecular weight excluding hydrogens is 1410 g/mol. The van der Waals surface area contributed by atoms with E-state index in [0.29, 0.717) is 89.5 Å². The van der Waals surface area contributed by atoms with Gasteiger partial charge >= 0.3 is 17.9 Å². The first-order chi connectivity index (χ1) is 50.9. The first kappa shape index (κ1) is 74.8. The third kappa shape index (κ3) is 18.9. The number of imide groups is 4. The van der Waals surface area contributed by atoms with Gasteiger partial charge in [0.25, 0.3) is 64.4 Å². The van der Waals surface area contributed by atoms with Crippen LogP contribution in [0.2, 0.25) is 0 Å². The molecule has 0 spiro atoms. The molecule has 0 aromatic carbocycles. The third-order valence-electron chi connectivity index (χ3n) is 13.9. The van der Waals surface area contributed by atoms with E-state index >= 15 is 0 Å². The van der Waals surface area contributed by atoms with E-state index in [-0.39, 0.29) is 103 Å². The van der Waals surface area contributed by atoms with Crippen LogP contribution in [0, 0.1) is 6.92 Å². The number of H-pyrrole nitrogens is 10. The molecule has 0 aliphatic carbocycles. The predicted molar refractivity (Wildman–Crippen MR) is 349 cm³/mol. The summed E-state index contributed by atoms with van der Waals surface area (Å²) >= 11 is 0. The second-order valence-electron chi connectivity index (χ2n) is 21.2. The van der Waals surface area contributed by atoms with Gasteiger partial charge in [0.05, 0.1) is 94.5 Å². The van der Waals surface area contributed by atoms with Gasteiger partial charge in [-0.1, -0.05) is 0 Å². The fraction of sp³-hybridized carbons (Fsp3) is 0.250. The van der Waals surface area contributed by atoms with Gasteiger partial charge in [0.2, 0.25) is 29.5 Å². The molecule has 10 aromatic rings. The number of rotatable bonds is 2. The molecule has 14 amide bonds. The number of imidazole rings is 9. The van der Waals surface area contributed by atoms with Crippen molar-refractivity contribution in [3.05, 3.63) is 140 Å². The molecule has 7 aliphatic rings. The molecule has 18 N–H and O–H groups in total. The van der Waals surface area contributed by atoms with Crippen molar-refractivity contribution in [1.82, 2.24) is 142 Å².